The highest BCUT2D eigenvalue weighted by Crippen LogP contribution is 2.16. The summed E-state index contributed by atoms with van der Waals surface area (Å²) in [5, 5.41) is 21.0. The molecule has 0 aromatic carbocycles. The molecule has 1 atom stereocenters. The molecule has 0 aliphatic heterocycles. The molecule has 0 amide bonds. The molecule has 0 radical (unpaired) electrons. The first-order valence-electron chi connectivity index (χ1n) is 5.13. The topological polar surface area (TPSA) is 82.5 Å². The molecule has 0 bridgehead atoms. The van der Waals surface area contributed by atoms with Crippen molar-refractivity contribution in [3.8, 4) is 0 Å². The number of aryl methyl sites for hydroxylation is 1. The van der Waals surface area contributed by atoms with Crippen molar-refractivity contribution in [2.75, 3.05) is 11.9 Å². The van der Waals surface area contributed by atoms with Gasteiger partial charge in [0.15, 0.2) is 0 Å². The Bertz CT molecular complexity index is 377. The molecular formula is C11H16N2O3. The number of nitrogens with one attached hydrogen (secondary N) is 1. The summed E-state index contributed by atoms with van der Waals surface area (Å²) in [5.41, 5.74) is 0.857. The van der Waals surface area contributed by atoms with Gasteiger partial charge in [-0.2, -0.15) is 0 Å². The number of hydrogen-bond donors (Lipinski definition) is 3. The van der Waals surface area contributed by atoms with E-state index >= 15 is 0 Å². The Hall–Kier alpha value is -1.62. The van der Waals surface area contributed by atoms with Crippen molar-refractivity contribution < 1.29 is 15.0 Å². The van der Waals surface area contributed by atoms with Gasteiger partial charge in [-0.3, -0.25) is 0 Å². The highest BCUT2D eigenvalue weighted by Gasteiger charge is 2.13. The van der Waals surface area contributed by atoms with Crippen molar-refractivity contribution >= 4 is 11.8 Å². The molecule has 0 aliphatic carbocycles. The van der Waals surface area contributed by atoms with Gasteiger partial charge >= 0.3 is 5.97 Å². The first kappa shape index (κ1) is 12.4. The van der Waals surface area contributed by atoms with Crippen LogP contribution in [0.3, 0.4) is 0 Å². The normalized spacial score (nSPS) is 12.2. The Morgan fingerprint density at radius 2 is 2.31 bits per heavy atom. The van der Waals surface area contributed by atoms with Gasteiger partial charge < -0.3 is 15.5 Å². The van der Waals surface area contributed by atoms with Gasteiger partial charge in [0.25, 0.3) is 0 Å². The third-order valence-corrected chi connectivity index (χ3v) is 2.23. The van der Waals surface area contributed by atoms with Gasteiger partial charge in [0.05, 0.1) is 6.10 Å². The molecular weight excluding hydrogens is 208 g/mol. The fourth-order valence-electron chi connectivity index (χ4n) is 1.36. The lowest BCUT2D eigenvalue weighted by Crippen LogP contribution is -2.14. The number of aromatic nitrogens is 1. The van der Waals surface area contributed by atoms with Gasteiger partial charge in [-0.15, -0.1) is 0 Å². The standard InChI is InChI=1S/C11H16N2O3/c1-7-3-5-12-10(9(7)11(15)16)13-6-4-8(2)14/h3,5,8,14H,4,6H2,1-2H3,(H,12,13)(H,15,16). The molecule has 1 heterocycles. The van der Waals surface area contributed by atoms with Crippen molar-refractivity contribution in [1.82, 2.24) is 4.98 Å². The quantitative estimate of drug-likeness (QED) is 0.701. The number of aliphatic hydroxyl groups is 1. The van der Waals surface area contributed by atoms with Crippen molar-refractivity contribution in [1.29, 1.82) is 0 Å². The number of aliphatic hydroxyl groups excluding tert-OH is 1. The van der Waals surface area contributed by atoms with Crippen molar-refractivity contribution in [3.05, 3.63) is 23.4 Å². The van der Waals surface area contributed by atoms with E-state index in [-0.39, 0.29) is 5.56 Å². The van der Waals surface area contributed by atoms with Crippen LogP contribution in [-0.2, 0) is 0 Å². The number of carboxylic acid groups (broad SMARTS) is 1. The molecule has 88 valence electrons. The maximum atomic E-state index is 11.0. The van der Waals surface area contributed by atoms with E-state index in [1.807, 2.05) is 0 Å². The smallest absolute Gasteiger partial charge is 0.339 e. The van der Waals surface area contributed by atoms with Crippen LogP contribution in [0.4, 0.5) is 5.82 Å². The van der Waals surface area contributed by atoms with Gasteiger partial charge in [0, 0.05) is 12.7 Å². The molecule has 1 unspecified atom stereocenters. The van der Waals surface area contributed by atoms with Crippen LogP contribution in [0.5, 0.6) is 0 Å². The highest BCUT2D eigenvalue weighted by atomic mass is 16.4. The van der Waals surface area contributed by atoms with Crippen LogP contribution in [0.25, 0.3) is 0 Å². The molecule has 0 fully saturated rings. The summed E-state index contributed by atoms with van der Waals surface area (Å²) in [4.78, 5) is 15.0. The van der Waals surface area contributed by atoms with Crippen LogP contribution in [0.2, 0.25) is 0 Å². The second-order valence-electron chi connectivity index (χ2n) is 3.72. The third-order valence-electron chi connectivity index (χ3n) is 2.23. The van der Waals surface area contributed by atoms with Crippen molar-refractivity contribution in [3.63, 3.8) is 0 Å². The first-order chi connectivity index (χ1) is 7.52. The lowest BCUT2D eigenvalue weighted by atomic mass is 10.1. The van der Waals surface area contributed by atoms with Gasteiger partial charge in [-0.25, -0.2) is 9.78 Å². The van der Waals surface area contributed by atoms with Crippen LogP contribution in [0, 0.1) is 6.92 Å². The molecule has 0 saturated heterocycles. The largest absolute Gasteiger partial charge is 0.478 e. The maximum absolute atomic E-state index is 11.0. The van der Waals surface area contributed by atoms with Crippen molar-refractivity contribution in [2.24, 2.45) is 0 Å². The number of pyridine rings is 1. The average molecular weight is 224 g/mol. The minimum absolute atomic E-state index is 0.188. The summed E-state index contributed by atoms with van der Waals surface area (Å²) in [6.45, 7) is 3.91. The number of rotatable bonds is 5. The van der Waals surface area contributed by atoms with Gasteiger partial charge in [0.2, 0.25) is 0 Å². The zero-order valence-corrected chi connectivity index (χ0v) is 9.40. The summed E-state index contributed by atoms with van der Waals surface area (Å²) in [7, 11) is 0. The number of anilines is 1. The highest BCUT2D eigenvalue weighted by molar-refractivity contribution is 5.94. The second kappa shape index (κ2) is 5.46. The van der Waals surface area contributed by atoms with E-state index in [0.29, 0.717) is 24.3 Å². The lowest BCUT2D eigenvalue weighted by Gasteiger charge is -2.10. The maximum Gasteiger partial charge on any atom is 0.339 e. The van der Waals surface area contributed by atoms with E-state index in [1.165, 1.54) is 0 Å². The van der Waals surface area contributed by atoms with E-state index in [0.717, 1.165) is 0 Å². The molecule has 1 aromatic heterocycles. The van der Waals surface area contributed by atoms with Crippen LogP contribution in [-0.4, -0.2) is 33.8 Å². The molecule has 1 aromatic rings. The van der Waals surface area contributed by atoms with E-state index in [9.17, 15) is 4.79 Å². The Kier molecular flexibility index (Phi) is 4.25. The minimum Gasteiger partial charge on any atom is -0.478 e. The van der Waals surface area contributed by atoms with Gasteiger partial charge in [-0.1, -0.05) is 0 Å². The Balaban J connectivity index is 2.79. The summed E-state index contributed by atoms with van der Waals surface area (Å²) >= 11 is 0. The fourth-order valence-corrected chi connectivity index (χ4v) is 1.36. The predicted molar refractivity (Wildman–Crippen MR) is 60.7 cm³/mol. The van der Waals surface area contributed by atoms with E-state index in [2.05, 4.69) is 10.3 Å². The number of carboxylic acids is 1. The molecule has 16 heavy (non-hydrogen) atoms. The summed E-state index contributed by atoms with van der Waals surface area (Å²) in [5.74, 6) is -0.640. The lowest BCUT2D eigenvalue weighted by molar-refractivity contribution is 0.0697. The zero-order chi connectivity index (χ0) is 12.1. The molecule has 3 N–H and O–H groups in total. The number of carbonyl (C=O) groups is 1. The fraction of sp³-hybridized carbons (Fsp3) is 0.455. The van der Waals surface area contributed by atoms with E-state index in [1.54, 1.807) is 26.1 Å². The average Bonchev–Trinajstić information content (AvgIpc) is 2.16. The number of aromatic carboxylic acids is 1. The first-order valence-corrected chi connectivity index (χ1v) is 5.13. The molecule has 5 heteroatoms. The van der Waals surface area contributed by atoms with Crippen LogP contribution >= 0.6 is 0 Å². The SMILES string of the molecule is Cc1ccnc(NCCC(C)O)c1C(=O)O. The van der Waals surface area contributed by atoms with Crippen LogP contribution < -0.4 is 5.32 Å². The van der Waals surface area contributed by atoms with E-state index < -0.39 is 12.1 Å². The molecule has 0 spiro atoms. The monoisotopic (exact) mass is 224 g/mol. The van der Waals surface area contributed by atoms with Gasteiger partial charge in [0.1, 0.15) is 11.4 Å². The molecule has 5 nitrogen and oxygen atoms in total. The number of hydrogen-bond acceptors (Lipinski definition) is 4. The molecule has 0 aliphatic rings. The summed E-state index contributed by atoms with van der Waals surface area (Å²) in [6.07, 6.45) is 1.70. The number of nitrogens with zero attached hydrogens (tertiary/aromatic N) is 1. The van der Waals surface area contributed by atoms with Crippen LogP contribution in [0.1, 0.15) is 29.3 Å². The Morgan fingerprint density at radius 3 is 2.88 bits per heavy atom. The second-order valence-corrected chi connectivity index (χ2v) is 3.72. The molecule has 0 saturated carbocycles. The van der Waals surface area contributed by atoms with Gasteiger partial charge in [-0.05, 0) is 31.9 Å². The Morgan fingerprint density at radius 1 is 1.62 bits per heavy atom. The van der Waals surface area contributed by atoms with Crippen molar-refractivity contribution in [2.45, 2.75) is 26.4 Å². The molecule has 1 rings (SSSR count). The minimum atomic E-state index is -0.995. The summed E-state index contributed by atoms with van der Waals surface area (Å²) in [6, 6.07) is 1.66. The zero-order valence-electron chi connectivity index (χ0n) is 9.40. The summed E-state index contributed by atoms with van der Waals surface area (Å²) < 4.78 is 0. The van der Waals surface area contributed by atoms with Crippen LogP contribution in [0.15, 0.2) is 12.3 Å². The third kappa shape index (κ3) is 3.20. The Labute approximate surface area is 94.1 Å². The van der Waals surface area contributed by atoms with E-state index in [4.69, 9.17) is 10.2 Å². The predicted octanol–water partition coefficient (Wildman–Crippen LogP) is 1.27.